The Hall–Kier alpha value is -6.95. The van der Waals surface area contributed by atoms with Crippen molar-refractivity contribution >= 4 is 61.5 Å². The Balaban J connectivity index is 0.960. The third-order valence-electron chi connectivity index (χ3n) is 14.3. The number of hydrogen-bond donors (Lipinski definition) is 0. The van der Waals surface area contributed by atoms with Crippen molar-refractivity contribution < 1.29 is 8.98 Å². The predicted molar refractivity (Wildman–Crippen MR) is 271 cm³/mol. The van der Waals surface area contributed by atoms with Crippen LogP contribution in [0.4, 0.5) is 17.1 Å². The number of pyridine rings is 2. The molecule has 0 saturated carbocycles. The molecule has 0 saturated heterocycles. The topological polar surface area (TPSA) is 33.2 Å². The van der Waals surface area contributed by atoms with E-state index in [9.17, 15) is 0 Å². The Kier molecular flexibility index (Phi) is 9.72. The highest BCUT2D eigenvalue weighted by molar-refractivity contribution is 7.99. The molecule has 0 fully saturated rings. The summed E-state index contributed by atoms with van der Waals surface area (Å²) in [4.78, 5) is 9.61. The molecule has 65 heavy (non-hydrogen) atoms. The number of rotatable bonds is 9. The smallest absolute Gasteiger partial charge is 0.221 e. The van der Waals surface area contributed by atoms with Crippen LogP contribution < -0.4 is 9.47 Å². The fourth-order valence-electron chi connectivity index (χ4n) is 10.6. The number of aryl methyl sites for hydroxylation is 1. The lowest BCUT2D eigenvalue weighted by Gasteiger charge is -2.36. The average molecular weight is 861 g/mol. The number of unbranched alkanes of at least 4 members (excludes halogenated alkanes) is 1. The van der Waals surface area contributed by atoms with E-state index in [1.165, 1.54) is 78.3 Å². The summed E-state index contributed by atoms with van der Waals surface area (Å²) in [6.07, 6.45) is 10.9. The van der Waals surface area contributed by atoms with E-state index in [1.54, 1.807) is 0 Å². The highest BCUT2D eigenvalue weighted by Gasteiger charge is 2.44. The van der Waals surface area contributed by atoms with Crippen molar-refractivity contribution in [2.24, 2.45) is 0 Å². The van der Waals surface area contributed by atoms with Crippen LogP contribution in [-0.4, -0.2) is 4.98 Å². The SMILES string of the molecule is CCCCc1ccc(-c2ccc3oc4cc(-c5ccc6c(c5)Sc5cc(-c7ccccn7)ccc5N6c5ccc6c(c5)-c5c7ccccc7cc[n+]5C(CC)(CC)C6)ccc4c3c2)cc1. The first-order valence-electron chi connectivity index (χ1n) is 23.3. The Labute approximate surface area is 385 Å². The molecule has 0 N–H and O–H groups in total. The molecule has 4 nitrogen and oxygen atoms in total. The highest BCUT2D eigenvalue weighted by Crippen LogP contribution is 2.54. The van der Waals surface area contributed by atoms with Crippen molar-refractivity contribution in [3.05, 3.63) is 187 Å². The van der Waals surface area contributed by atoms with Gasteiger partial charge in [0.25, 0.3) is 0 Å². The van der Waals surface area contributed by atoms with E-state index >= 15 is 0 Å². The minimum absolute atomic E-state index is 0.0296. The second kappa shape index (κ2) is 15.9. The third kappa shape index (κ3) is 6.67. The van der Waals surface area contributed by atoms with Crippen molar-refractivity contribution in [2.75, 3.05) is 4.90 Å². The quantitative estimate of drug-likeness (QED) is 0.135. The van der Waals surface area contributed by atoms with Crippen molar-refractivity contribution in [1.29, 1.82) is 0 Å². The molecule has 2 aliphatic heterocycles. The van der Waals surface area contributed by atoms with E-state index in [1.807, 2.05) is 24.0 Å². The van der Waals surface area contributed by atoms with Crippen LogP contribution in [0, 0.1) is 0 Å². The highest BCUT2D eigenvalue weighted by atomic mass is 32.2. The minimum atomic E-state index is 0.0296. The lowest BCUT2D eigenvalue weighted by atomic mass is 9.78. The molecular formula is C60H50N3OS+. The summed E-state index contributed by atoms with van der Waals surface area (Å²) in [5.74, 6) is 0. The van der Waals surface area contributed by atoms with Gasteiger partial charge in [0, 0.05) is 63.3 Å². The van der Waals surface area contributed by atoms with Gasteiger partial charge in [-0.3, -0.25) is 4.98 Å². The summed E-state index contributed by atoms with van der Waals surface area (Å²) in [6, 6.07) is 60.7. The maximum Gasteiger partial charge on any atom is 0.221 e. The van der Waals surface area contributed by atoms with Crippen LogP contribution in [0.1, 0.15) is 57.6 Å². The van der Waals surface area contributed by atoms with E-state index < -0.39 is 0 Å². The van der Waals surface area contributed by atoms with Crippen molar-refractivity contribution in [1.82, 2.24) is 4.98 Å². The largest absolute Gasteiger partial charge is 0.456 e. The zero-order valence-corrected chi connectivity index (χ0v) is 38.0. The molecule has 5 heteroatoms. The van der Waals surface area contributed by atoms with Gasteiger partial charge in [-0.2, -0.15) is 4.57 Å². The minimum Gasteiger partial charge on any atom is -0.456 e. The fraction of sp³-hybridized carbons (Fsp3) is 0.167. The summed E-state index contributed by atoms with van der Waals surface area (Å²) < 4.78 is 9.16. The van der Waals surface area contributed by atoms with E-state index in [-0.39, 0.29) is 5.54 Å². The number of hydrogen-bond acceptors (Lipinski definition) is 4. The molecule has 3 aromatic heterocycles. The van der Waals surface area contributed by atoms with Gasteiger partial charge in [-0.1, -0.05) is 118 Å². The maximum absolute atomic E-state index is 6.56. The van der Waals surface area contributed by atoms with Gasteiger partial charge in [-0.15, -0.1) is 0 Å². The van der Waals surface area contributed by atoms with E-state index in [4.69, 9.17) is 9.40 Å². The molecule has 0 bridgehead atoms. The summed E-state index contributed by atoms with van der Waals surface area (Å²) in [5, 5.41) is 4.85. The standard InChI is InChI=1S/C60H50N3OS/c1-4-7-12-39-16-18-40(19-17-39)42-24-29-55-51(33-42)49-26-21-43(34-56(49)64-55)44-22-27-53-57(35-44)65-58-36-45(52-15-10-11-31-61-52)23-28-54(58)63(53)47-25-20-46-38-60(5-2,6-3)62-32-30-41-13-8-9-14-48(41)59(62)50(46)37-47/h8-11,13-37H,4-7,12,38H2,1-3H3/q+1. The predicted octanol–water partition coefficient (Wildman–Crippen LogP) is 16.4. The van der Waals surface area contributed by atoms with Gasteiger partial charge < -0.3 is 9.32 Å². The number of fused-ring (bicyclic) bond motifs is 10. The Morgan fingerprint density at radius 3 is 2.14 bits per heavy atom. The van der Waals surface area contributed by atoms with E-state index in [0.717, 1.165) is 75.7 Å². The summed E-state index contributed by atoms with van der Waals surface area (Å²) in [6.45, 7) is 6.94. The molecule has 0 unspecified atom stereocenters. The first-order chi connectivity index (χ1) is 32.0. The molecule has 10 aromatic rings. The second-order valence-electron chi connectivity index (χ2n) is 17.9. The van der Waals surface area contributed by atoms with Gasteiger partial charge in [0.1, 0.15) is 11.2 Å². The monoisotopic (exact) mass is 860 g/mol. The van der Waals surface area contributed by atoms with Crippen LogP contribution >= 0.6 is 11.8 Å². The Morgan fingerprint density at radius 1 is 0.615 bits per heavy atom. The van der Waals surface area contributed by atoms with Crippen LogP contribution in [0.2, 0.25) is 0 Å². The van der Waals surface area contributed by atoms with Crippen LogP contribution in [-0.2, 0) is 18.4 Å². The molecular weight excluding hydrogens is 811 g/mol. The van der Waals surface area contributed by atoms with Crippen LogP contribution in [0.25, 0.3) is 77.5 Å². The first-order valence-corrected chi connectivity index (χ1v) is 24.1. The number of anilines is 3. The average Bonchev–Trinajstić information content (AvgIpc) is 3.74. The van der Waals surface area contributed by atoms with Crippen LogP contribution in [0.3, 0.4) is 0 Å². The number of benzene rings is 7. The molecule has 0 radical (unpaired) electrons. The van der Waals surface area contributed by atoms with E-state index in [0.29, 0.717) is 0 Å². The summed E-state index contributed by atoms with van der Waals surface area (Å²) >= 11 is 1.84. The molecule has 5 heterocycles. The fourth-order valence-corrected chi connectivity index (χ4v) is 11.7. The molecule has 12 rings (SSSR count). The lowest BCUT2D eigenvalue weighted by molar-refractivity contribution is -0.757. The van der Waals surface area contributed by atoms with Gasteiger partial charge in [0.05, 0.1) is 28.0 Å². The van der Waals surface area contributed by atoms with Crippen molar-refractivity contribution in [3.8, 4) is 44.8 Å². The molecule has 0 aliphatic carbocycles. The third-order valence-corrected chi connectivity index (χ3v) is 15.4. The zero-order valence-electron chi connectivity index (χ0n) is 37.1. The molecule has 7 aromatic carbocycles. The molecule has 2 aliphatic rings. The zero-order chi connectivity index (χ0) is 43.6. The van der Waals surface area contributed by atoms with Crippen molar-refractivity contribution in [2.45, 2.75) is 74.6 Å². The van der Waals surface area contributed by atoms with Gasteiger partial charge in [-0.05, 0) is 130 Å². The van der Waals surface area contributed by atoms with E-state index in [2.05, 4.69) is 194 Å². The lowest BCUT2D eigenvalue weighted by Crippen LogP contribution is -2.60. The molecule has 0 amide bonds. The first kappa shape index (κ1) is 39.6. The second-order valence-corrected chi connectivity index (χ2v) is 19.0. The van der Waals surface area contributed by atoms with Gasteiger partial charge in [0.15, 0.2) is 11.7 Å². The Bertz CT molecular complexity index is 3460. The maximum atomic E-state index is 6.56. The Morgan fingerprint density at radius 2 is 1.34 bits per heavy atom. The van der Waals surface area contributed by atoms with Gasteiger partial charge in [-0.25, -0.2) is 0 Å². The number of nitrogens with zero attached hydrogens (tertiary/aromatic N) is 3. The number of furan rings is 1. The molecule has 0 atom stereocenters. The molecule has 316 valence electrons. The number of aromatic nitrogens is 2. The normalized spacial score (nSPS) is 13.7. The van der Waals surface area contributed by atoms with Gasteiger partial charge >= 0.3 is 0 Å². The summed E-state index contributed by atoms with van der Waals surface area (Å²) in [7, 11) is 0. The van der Waals surface area contributed by atoms with Gasteiger partial charge in [0.2, 0.25) is 5.69 Å². The van der Waals surface area contributed by atoms with Crippen molar-refractivity contribution in [3.63, 3.8) is 0 Å². The van der Waals surface area contributed by atoms with Crippen LogP contribution in [0.15, 0.2) is 190 Å². The summed E-state index contributed by atoms with van der Waals surface area (Å²) in [5.41, 5.74) is 17.6. The molecule has 0 spiro atoms. The van der Waals surface area contributed by atoms with Crippen LogP contribution in [0.5, 0.6) is 0 Å².